The Bertz CT molecular complexity index is 1190. The summed E-state index contributed by atoms with van der Waals surface area (Å²) >= 11 is 0. The summed E-state index contributed by atoms with van der Waals surface area (Å²) < 4.78 is 27.9. The Balaban J connectivity index is 1.67. The first-order valence-electron chi connectivity index (χ1n) is 10.2. The van der Waals surface area contributed by atoms with Gasteiger partial charge in [-0.2, -0.15) is 0 Å². The van der Waals surface area contributed by atoms with Gasteiger partial charge in [-0.1, -0.05) is 37.5 Å². The highest BCUT2D eigenvalue weighted by Gasteiger charge is 2.23. The minimum Gasteiger partial charge on any atom is -0.307 e. The molecule has 8 heteroatoms. The van der Waals surface area contributed by atoms with Gasteiger partial charge in [-0.25, -0.2) is 13.4 Å². The van der Waals surface area contributed by atoms with E-state index in [1.165, 1.54) is 19.3 Å². The summed E-state index contributed by atoms with van der Waals surface area (Å²) in [5.41, 5.74) is 3.37. The monoisotopic (exact) mass is 426 g/mol. The number of nitrogens with zero attached hydrogens (tertiary/aromatic N) is 2. The number of rotatable bonds is 5. The number of fused-ring (bicyclic) bond motifs is 1. The number of aromatic nitrogens is 2. The average molecular weight is 427 g/mol. The summed E-state index contributed by atoms with van der Waals surface area (Å²) in [5.74, 6) is 0.213. The van der Waals surface area contributed by atoms with Crippen LogP contribution in [-0.2, 0) is 10.0 Å². The van der Waals surface area contributed by atoms with Crippen molar-refractivity contribution in [1.82, 2.24) is 9.55 Å². The fourth-order valence-electron chi connectivity index (χ4n) is 4.09. The third-order valence-electron chi connectivity index (χ3n) is 5.56. The third-order valence-corrected chi connectivity index (χ3v) is 6.15. The molecule has 0 aliphatic heterocycles. The van der Waals surface area contributed by atoms with Crippen molar-refractivity contribution in [3.63, 3.8) is 0 Å². The zero-order valence-electron chi connectivity index (χ0n) is 17.2. The molecule has 0 radical (unpaired) electrons. The summed E-state index contributed by atoms with van der Waals surface area (Å²) in [6.07, 6.45) is 6.80. The van der Waals surface area contributed by atoms with Gasteiger partial charge in [0.2, 0.25) is 16.0 Å². The van der Waals surface area contributed by atoms with Crippen LogP contribution in [0.3, 0.4) is 0 Å². The molecule has 0 bridgehead atoms. The van der Waals surface area contributed by atoms with E-state index in [1.54, 1.807) is 25.1 Å². The van der Waals surface area contributed by atoms with Gasteiger partial charge in [0.25, 0.3) is 5.91 Å². The lowest BCUT2D eigenvalue weighted by atomic mass is 9.95. The number of amides is 1. The van der Waals surface area contributed by atoms with Crippen molar-refractivity contribution < 1.29 is 13.2 Å². The molecule has 1 aliphatic rings. The normalized spacial score (nSPS) is 15.3. The summed E-state index contributed by atoms with van der Waals surface area (Å²) in [7, 11) is -3.44. The number of imidazole rings is 1. The van der Waals surface area contributed by atoms with E-state index in [2.05, 4.69) is 19.6 Å². The summed E-state index contributed by atoms with van der Waals surface area (Å²) in [4.78, 5) is 17.7. The minimum absolute atomic E-state index is 0.307. The van der Waals surface area contributed by atoms with Crippen molar-refractivity contribution >= 4 is 38.6 Å². The molecule has 0 unspecified atom stereocenters. The van der Waals surface area contributed by atoms with E-state index < -0.39 is 10.0 Å². The second-order valence-electron chi connectivity index (χ2n) is 7.94. The highest BCUT2D eigenvalue weighted by molar-refractivity contribution is 7.92. The zero-order valence-corrected chi connectivity index (χ0v) is 18.0. The standard InChI is InChI=1S/C22H26N4O3S/c1-15-12-13-16(14-19(15)25-30(2,28)29)21(27)24-22-23-18-10-6-7-11-20(18)26(22)17-8-4-3-5-9-17/h6-7,10-14,17,25H,3-5,8-9H2,1-2H3,(H,23,24,27). The Kier molecular flexibility index (Phi) is 5.51. The smallest absolute Gasteiger partial charge is 0.258 e. The molecule has 4 rings (SSSR count). The third kappa shape index (κ3) is 4.33. The van der Waals surface area contributed by atoms with E-state index >= 15 is 0 Å². The Morgan fingerprint density at radius 1 is 1.10 bits per heavy atom. The molecule has 1 heterocycles. The molecule has 30 heavy (non-hydrogen) atoms. The molecular weight excluding hydrogens is 400 g/mol. The SMILES string of the molecule is Cc1ccc(C(=O)Nc2nc3ccccc3n2C2CCCCC2)cc1NS(C)(=O)=O. The van der Waals surface area contributed by atoms with Crippen LogP contribution >= 0.6 is 0 Å². The topological polar surface area (TPSA) is 93.1 Å². The number of carbonyl (C=O) groups is 1. The fraction of sp³-hybridized carbons (Fsp3) is 0.364. The quantitative estimate of drug-likeness (QED) is 0.629. The minimum atomic E-state index is -3.44. The summed E-state index contributed by atoms with van der Waals surface area (Å²) in [6.45, 7) is 1.79. The molecule has 0 spiro atoms. The molecule has 1 aliphatic carbocycles. The molecule has 2 aromatic carbocycles. The molecule has 7 nitrogen and oxygen atoms in total. The first-order chi connectivity index (χ1) is 14.3. The molecule has 0 atom stereocenters. The van der Waals surface area contributed by atoms with Crippen LogP contribution < -0.4 is 10.0 Å². The van der Waals surface area contributed by atoms with Crippen LogP contribution in [0.2, 0.25) is 0 Å². The number of sulfonamides is 1. The first kappa shape index (κ1) is 20.4. The van der Waals surface area contributed by atoms with Gasteiger partial charge < -0.3 is 4.57 Å². The van der Waals surface area contributed by atoms with E-state index in [4.69, 9.17) is 0 Å². The van der Waals surface area contributed by atoms with Crippen LogP contribution in [0.1, 0.15) is 54.1 Å². The zero-order chi connectivity index (χ0) is 21.3. The maximum absolute atomic E-state index is 13.0. The first-order valence-corrected chi connectivity index (χ1v) is 12.1. The number of nitrogens with one attached hydrogen (secondary N) is 2. The van der Waals surface area contributed by atoms with Crippen LogP contribution in [-0.4, -0.2) is 30.1 Å². The van der Waals surface area contributed by atoms with E-state index in [0.29, 0.717) is 23.2 Å². The Morgan fingerprint density at radius 2 is 1.83 bits per heavy atom. The Labute approximate surface area is 176 Å². The van der Waals surface area contributed by atoms with Gasteiger partial charge in [0.05, 0.1) is 23.0 Å². The van der Waals surface area contributed by atoms with E-state index in [-0.39, 0.29) is 5.91 Å². The number of carbonyl (C=O) groups excluding carboxylic acids is 1. The highest BCUT2D eigenvalue weighted by Crippen LogP contribution is 2.34. The van der Waals surface area contributed by atoms with E-state index in [9.17, 15) is 13.2 Å². The molecule has 1 saturated carbocycles. The molecule has 158 valence electrons. The van der Waals surface area contributed by atoms with E-state index in [1.807, 2.05) is 24.3 Å². The van der Waals surface area contributed by atoms with Gasteiger partial charge in [0.1, 0.15) is 0 Å². The predicted octanol–water partition coefficient (Wildman–Crippen LogP) is 4.47. The predicted molar refractivity (Wildman–Crippen MR) is 119 cm³/mol. The van der Waals surface area contributed by atoms with Crippen molar-refractivity contribution in [1.29, 1.82) is 0 Å². The average Bonchev–Trinajstić information content (AvgIpc) is 3.07. The highest BCUT2D eigenvalue weighted by atomic mass is 32.2. The molecule has 2 N–H and O–H groups in total. The molecule has 3 aromatic rings. The second kappa shape index (κ2) is 8.10. The van der Waals surface area contributed by atoms with Crippen molar-refractivity contribution in [2.24, 2.45) is 0 Å². The number of aryl methyl sites for hydroxylation is 1. The lowest BCUT2D eigenvalue weighted by Gasteiger charge is -2.25. The van der Waals surface area contributed by atoms with Crippen molar-refractivity contribution in [3.8, 4) is 0 Å². The van der Waals surface area contributed by atoms with Gasteiger partial charge in [0, 0.05) is 11.6 Å². The van der Waals surface area contributed by atoms with Crippen molar-refractivity contribution in [2.45, 2.75) is 45.1 Å². The lowest BCUT2D eigenvalue weighted by molar-refractivity contribution is 0.102. The van der Waals surface area contributed by atoms with Crippen LogP contribution in [0.25, 0.3) is 11.0 Å². The molecule has 1 amide bonds. The van der Waals surface area contributed by atoms with Crippen LogP contribution in [0.15, 0.2) is 42.5 Å². The van der Waals surface area contributed by atoms with Crippen LogP contribution in [0.4, 0.5) is 11.6 Å². The maximum Gasteiger partial charge on any atom is 0.258 e. The molecule has 1 aromatic heterocycles. The van der Waals surface area contributed by atoms with Crippen LogP contribution in [0.5, 0.6) is 0 Å². The summed E-state index contributed by atoms with van der Waals surface area (Å²) in [5, 5.41) is 2.96. The van der Waals surface area contributed by atoms with Gasteiger partial charge in [-0.3, -0.25) is 14.8 Å². The number of hydrogen-bond donors (Lipinski definition) is 2. The lowest BCUT2D eigenvalue weighted by Crippen LogP contribution is -2.20. The van der Waals surface area contributed by atoms with Crippen molar-refractivity contribution in [3.05, 3.63) is 53.6 Å². The largest absolute Gasteiger partial charge is 0.307 e. The number of benzene rings is 2. The van der Waals surface area contributed by atoms with E-state index in [0.717, 1.165) is 35.7 Å². The summed E-state index contributed by atoms with van der Waals surface area (Å²) in [6, 6.07) is 13.2. The van der Waals surface area contributed by atoms with Crippen LogP contribution in [0, 0.1) is 6.92 Å². The number of hydrogen-bond acceptors (Lipinski definition) is 4. The van der Waals surface area contributed by atoms with Gasteiger partial charge in [-0.05, 0) is 49.6 Å². The fourth-order valence-corrected chi connectivity index (χ4v) is 4.71. The Hall–Kier alpha value is -2.87. The van der Waals surface area contributed by atoms with Crippen molar-refractivity contribution in [2.75, 3.05) is 16.3 Å². The number of anilines is 2. The van der Waals surface area contributed by atoms with Gasteiger partial charge in [-0.15, -0.1) is 0 Å². The molecule has 1 fully saturated rings. The van der Waals surface area contributed by atoms with Gasteiger partial charge >= 0.3 is 0 Å². The second-order valence-corrected chi connectivity index (χ2v) is 9.69. The van der Waals surface area contributed by atoms with Gasteiger partial charge in [0.15, 0.2) is 0 Å². The maximum atomic E-state index is 13.0. The molecular formula is C22H26N4O3S. The molecule has 0 saturated heterocycles. The number of para-hydroxylation sites is 2. The Morgan fingerprint density at radius 3 is 2.57 bits per heavy atom.